The standard InChI is InChI=1S/2C20H22O3.4C10H12O2.2C6H12N2.2C2H2O4.4ClH.4H2N.4H2O.4Pt/c2*21-19(15-7-13-17-9-3-1-4-10-17)23-20(22)16-8-14-18-11-5-2-6-12-18;4*11-10(12)8-4-7-9-5-2-1-3-6-9;2*7-5-3-1-2-4-6(5)8;2*3-1(4)2(5)6;;;;;;;;;;;;;;;;/h2*1-6,9-12H,7-8,13-16H2;4*1-3,5-6H,4,7-8H2,(H,11,12);2*5-8H,1-4H2;2*(H,3,4)(H,5,6);4*1H;8*1H2;;;;/q;;;;;;2*-2;;;;;;;4*-1;;;;;2*+2;2*+4/p-4. The van der Waals surface area contributed by atoms with Crippen molar-refractivity contribution in [2.75, 3.05) is 0 Å². The van der Waals surface area contributed by atoms with Crippen molar-refractivity contribution in [2.45, 2.75) is 230 Å². The molecule has 2 aliphatic carbocycles. The number of nitrogens with one attached hydrogen (secondary N) is 4. The third-order valence-electron chi connectivity index (χ3n) is 17.9. The SMILES string of the molecule is O.O.O.O.O=C(CCCc1ccccc1)OC(=O)CCCc1ccccc1.O=C(CCCc1ccccc1)OC(=O)CCCc1ccccc1.O=C(O)C(=O)O.O=C(O)C(=O)O.O=C(O)CCCc1ccccc1.O=C(O)CCCc1ccccc1.O=C(O)CCCc1ccccc1.O=C(O)CCCc1ccccc1.[Cl][Pt+2][Cl].[Cl][Pt+2][Cl].[NH-]C1CCCCC1[NH-].[NH-]C1CCCCC1[NH-].[NH2-].[NH2-].[NH2-].[NH2-].[Pt+2].[Pt+2]. The number of nitrogens with two attached hydrogens (primary N) is 4. The van der Waals surface area contributed by atoms with Gasteiger partial charge >= 0.3 is 184 Å². The third kappa shape index (κ3) is 102. The largest absolute Gasteiger partial charge is 2.00 e. The predicted octanol–water partition coefficient (Wildman–Crippen LogP) is 22.0. The molecule has 138 heavy (non-hydrogen) atoms. The van der Waals surface area contributed by atoms with Gasteiger partial charge in [-0.15, -0.1) is 0 Å². The Morgan fingerprint density at radius 1 is 0.239 bits per heavy atom. The van der Waals surface area contributed by atoms with Crippen LogP contribution in [0.4, 0.5) is 0 Å². The van der Waals surface area contributed by atoms with Crippen molar-refractivity contribution in [3.05, 3.63) is 335 Å². The molecule has 0 saturated heterocycles. The van der Waals surface area contributed by atoms with E-state index in [9.17, 15) is 38.4 Å². The van der Waals surface area contributed by atoms with E-state index in [1.807, 2.05) is 243 Å². The number of halogens is 4. The van der Waals surface area contributed by atoms with Crippen molar-refractivity contribution in [1.29, 1.82) is 0 Å². The number of hydrogen-bond acceptors (Lipinski definition) is 14. The zero-order chi connectivity index (χ0) is 95.6. The maximum Gasteiger partial charge on any atom is 2.00 e. The average molecular weight is 2740 g/mol. The number of carboxylic acids is 8. The fraction of sp³-hybridized carbons (Fsp3) is 0.375. The molecular weight excluding hydrogens is 2600 g/mol. The Bertz CT molecular complexity index is 3740. The molecule has 4 unspecified atom stereocenters. The van der Waals surface area contributed by atoms with Crippen LogP contribution in [0.3, 0.4) is 0 Å². The van der Waals surface area contributed by atoms with E-state index in [-0.39, 0.29) is 164 Å². The van der Waals surface area contributed by atoms with Crippen molar-refractivity contribution in [3.63, 3.8) is 0 Å². The molecule has 42 heteroatoms. The molecule has 10 rings (SSSR count). The number of carbonyl (C=O) groups excluding carboxylic acids is 4. The van der Waals surface area contributed by atoms with E-state index < -0.39 is 105 Å². The molecule has 2 saturated carbocycles. The van der Waals surface area contributed by atoms with E-state index in [1.165, 1.54) is 70.2 Å². The summed E-state index contributed by atoms with van der Waals surface area (Å²) >= 11 is -0.944. The molecule has 0 aromatic heterocycles. The minimum Gasteiger partial charge on any atom is -0.693 e. The van der Waals surface area contributed by atoms with Crippen LogP contribution in [0, 0.1) is 0 Å². The number of carbonyl (C=O) groups is 12. The van der Waals surface area contributed by atoms with Crippen molar-refractivity contribution < 1.29 is 205 Å². The van der Waals surface area contributed by atoms with Gasteiger partial charge in [0.15, 0.2) is 0 Å². The van der Waals surface area contributed by atoms with Crippen LogP contribution >= 0.6 is 37.7 Å². The first-order valence-electron chi connectivity index (χ1n) is 41.4. The van der Waals surface area contributed by atoms with Crippen LogP contribution in [-0.4, -0.2) is 159 Å². The minimum absolute atomic E-state index is 0. The minimum atomic E-state index is -1.82. The quantitative estimate of drug-likeness (QED) is 0.0110. The summed E-state index contributed by atoms with van der Waals surface area (Å²) in [5.74, 6) is -11.9. The molecule has 0 heterocycles. The Labute approximate surface area is 871 Å². The summed E-state index contributed by atoms with van der Waals surface area (Å²) in [6.45, 7) is 0. The number of rotatable bonds is 32. The third-order valence-corrected chi connectivity index (χ3v) is 17.9. The first-order valence-corrected chi connectivity index (χ1v) is 52.7. The van der Waals surface area contributed by atoms with E-state index >= 15 is 0 Å². The Kier molecular flexibility index (Phi) is 120. The van der Waals surface area contributed by atoms with Crippen LogP contribution in [0.25, 0.3) is 47.5 Å². The molecule has 28 N–H and O–H groups in total. The first-order chi connectivity index (χ1) is 61.3. The van der Waals surface area contributed by atoms with Gasteiger partial charge in [-0.1, -0.05) is 294 Å². The van der Waals surface area contributed by atoms with Crippen LogP contribution in [0.15, 0.2) is 243 Å². The number of ether oxygens (including phenoxy) is 2. The summed E-state index contributed by atoms with van der Waals surface area (Å²) in [6, 6.07) is 79.3. The fourth-order valence-electron chi connectivity index (χ4n) is 11.4. The molecule has 0 bridgehead atoms. The zero-order valence-electron chi connectivity index (χ0n) is 76.4. The molecule has 2 aliphatic rings. The van der Waals surface area contributed by atoms with E-state index in [2.05, 4.69) is 0 Å². The van der Waals surface area contributed by atoms with Gasteiger partial charge in [0.25, 0.3) is 0 Å². The number of aryl methyl sites for hydroxylation is 8. The van der Waals surface area contributed by atoms with E-state index in [4.69, 9.17) is 130 Å². The first kappa shape index (κ1) is 155. The van der Waals surface area contributed by atoms with E-state index in [0.29, 0.717) is 25.7 Å². The second-order valence-electron chi connectivity index (χ2n) is 28.3. The summed E-state index contributed by atoms with van der Waals surface area (Å²) in [7, 11) is 19.5. The second kappa shape index (κ2) is 107. The maximum absolute atomic E-state index is 11.6. The van der Waals surface area contributed by atoms with Crippen LogP contribution in [0.5, 0.6) is 0 Å². The Hall–Kier alpha value is -8.77. The normalized spacial score (nSPS) is 12.3. The van der Waals surface area contributed by atoms with Gasteiger partial charge in [-0.2, -0.15) is 24.2 Å². The Morgan fingerprint density at radius 2 is 0.348 bits per heavy atom. The molecule has 0 radical (unpaired) electrons. The maximum atomic E-state index is 11.6. The van der Waals surface area contributed by atoms with Gasteiger partial charge in [-0.3, -0.25) is 38.4 Å². The number of hydrogen-bond donors (Lipinski definition) is 8. The van der Waals surface area contributed by atoms with Gasteiger partial charge in [0, 0.05) is 51.4 Å². The van der Waals surface area contributed by atoms with Crippen LogP contribution in [0.2, 0.25) is 0 Å². The molecule has 0 aliphatic heterocycles. The Morgan fingerprint density at radius 3 is 0.442 bits per heavy atom. The van der Waals surface area contributed by atoms with Crippen LogP contribution < -0.4 is 0 Å². The molecule has 0 amide bonds. The van der Waals surface area contributed by atoms with E-state index in [0.717, 1.165) is 103 Å². The molecule has 8 aromatic rings. The van der Waals surface area contributed by atoms with Crippen molar-refractivity contribution in [3.8, 4) is 0 Å². The van der Waals surface area contributed by atoms with Crippen LogP contribution in [-0.2, 0) is 193 Å². The van der Waals surface area contributed by atoms with Gasteiger partial charge in [0.05, 0.1) is 0 Å². The average Bonchev–Trinajstić information content (AvgIpc) is 0.942. The predicted molar refractivity (Wildman–Crippen MR) is 527 cm³/mol. The molecule has 0 spiro atoms. The number of aliphatic carboxylic acids is 8. The fourth-order valence-corrected chi connectivity index (χ4v) is 11.4. The monoisotopic (exact) mass is 2740 g/mol. The van der Waals surface area contributed by atoms with Crippen LogP contribution in [0.1, 0.15) is 199 Å². The molecule has 4 atom stereocenters. The number of benzene rings is 8. The zero-order valence-corrected chi connectivity index (χ0v) is 88.5. The molecule has 2 fully saturated rings. The van der Waals surface area contributed by atoms with E-state index in [1.54, 1.807) is 0 Å². The van der Waals surface area contributed by atoms with Crippen molar-refractivity contribution in [2.24, 2.45) is 0 Å². The summed E-state index contributed by atoms with van der Waals surface area (Å²) in [6.07, 6.45) is 23.0. The van der Waals surface area contributed by atoms with Gasteiger partial charge in [-0.05, 0) is 147 Å². The smallest absolute Gasteiger partial charge is 0.693 e. The van der Waals surface area contributed by atoms with Gasteiger partial charge < -0.3 is 120 Å². The Balaban J connectivity index is -0.000000129. The number of esters is 4. The molecule has 784 valence electrons. The number of carboxylic acid groups (broad SMARTS) is 8. The van der Waals surface area contributed by atoms with Crippen molar-refractivity contribution >= 4 is 109 Å². The summed E-state index contributed by atoms with van der Waals surface area (Å²) < 4.78 is 9.70. The van der Waals surface area contributed by atoms with Crippen molar-refractivity contribution in [1.82, 2.24) is 0 Å². The second-order valence-corrected chi connectivity index (χ2v) is 34.9. The summed E-state index contributed by atoms with van der Waals surface area (Å²) in [5.41, 5.74) is 38.7. The topological polar surface area (TPSA) is 740 Å². The molecule has 8 aromatic carbocycles. The van der Waals surface area contributed by atoms with Gasteiger partial charge in [0.2, 0.25) is 0 Å². The summed E-state index contributed by atoms with van der Waals surface area (Å²) in [5, 5.41) is 63.1. The molecular formula is C96H136Cl4N8O26Pt4. The van der Waals surface area contributed by atoms with Gasteiger partial charge in [0.1, 0.15) is 0 Å². The summed E-state index contributed by atoms with van der Waals surface area (Å²) in [4.78, 5) is 124. The molecule has 34 nitrogen and oxygen atoms in total. The van der Waals surface area contributed by atoms with Gasteiger partial charge in [-0.25, -0.2) is 19.2 Å².